The Kier molecular flexibility index (Phi) is 5.87. The smallest absolute Gasteiger partial charge is 0.251 e. The number of carbonyl (C=O) groups is 1. The minimum Gasteiger partial charge on any atom is -0.349 e. The number of hydrogen-bond acceptors (Lipinski definition) is 5. The van der Waals surface area contributed by atoms with Crippen molar-refractivity contribution in [2.24, 2.45) is 0 Å². The first kappa shape index (κ1) is 18.3. The molecule has 8 heteroatoms. The summed E-state index contributed by atoms with van der Waals surface area (Å²) >= 11 is 1.45. The number of aromatic nitrogens is 1. The normalized spacial score (nSPS) is 11.5. The molecule has 0 aliphatic rings. The van der Waals surface area contributed by atoms with Gasteiger partial charge in [0.05, 0.1) is 9.90 Å². The van der Waals surface area contributed by atoms with Crippen LogP contribution in [0.5, 0.6) is 0 Å². The Morgan fingerprint density at radius 1 is 1.46 bits per heavy atom. The Morgan fingerprint density at radius 2 is 2.21 bits per heavy atom. The standard InChI is InChI=1S/C16H19N3O3S2/c1-4-8-17-16(20)13-6-5-7-15(9-13)24(21,22)19(3)11-14-10-18-12(2)23-14/h4-7,9-10H,1,8,11H2,2-3H3,(H,17,20). The van der Waals surface area contributed by atoms with E-state index in [1.165, 1.54) is 34.8 Å². The van der Waals surface area contributed by atoms with Gasteiger partial charge >= 0.3 is 0 Å². The van der Waals surface area contributed by atoms with E-state index in [0.717, 1.165) is 9.88 Å². The van der Waals surface area contributed by atoms with E-state index in [0.29, 0.717) is 12.1 Å². The number of rotatable bonds is 7. The Balaban J connectivity index is 2.22. The molecule has 0 atom stereocenters. The van der Waals surface area contributed by atoms with Crippen LogP contribution in [-0.4, -0.2) is 37.2 Å². The molecule has 0 aliphatic carbocycles. The zero-order valence-corrected chi connectivity index (χ0v) is 15.2. The monoisotopic (exact) mass is 365 g/mol. The molecule has 1 aromatic carbocycles. The van der Waals surface area contributed by atoms with Crippen molar-refractivity contribution in [1.29, 1.82) is 0 Å². The van der Waals surface area contributed by atoms with Crippen LogP contribution >= 0.6 is 11.3 Å². The van der Waals surface area contributed by atoms with Gasteiger partial charge in [-0.05, 0) is 25.1 Å². The molecule has 0 fully saturated rings. The highest BCUT2D eigenvalue weighted by Gasteiger charge is 2.22. The van der Waals surface area contributed by atoms with Crippen molar-refractivity contribution in [1.82, 2.24) is 14.6 Å². The number of aryl methyl sites for hydroxylation is 1. The first-order valence-corrected chi connectivity index (χ1v) is 9.47. The van der Waals surface area contributed by atoms with Crippen molar-refractivity contribution in [3.63, 3.8) is 0 Å². The van der Waals surface area contributed by atoms with E-state index in [-0.39, 0.29) is 17.3 Å². The molecule has 128 valence electrons. The van der Waals surface area contributed by atoms with Crippen molar-refractivity contribution in [3.8, 4) is 0 Å². The van der Waals surface area contributed by atoms with Crippen LogP contribution in [0.2, 0.25) is 0 Å². The number of hydrogen-bond donors (Lipinski definition) is 1. The average molecular weight is 365 g/mol. The molecule has 0 radical (unpaired) electrons. The predicted octanol–water partition coefficient (Wildman–Crippen LogP) is 2.19. The second-order valence-electron chi connectivity index (χ2n) is 5.13. The third-order valence-electron chi connectivity index (χ3n) is 3.26. The summed E-state index contributed by atoms with van der Waals surface area (Å²) in [6, 6.07) is 5.99. The Hall–Kier alpha value is -2.03. The van der Waals surface area contributed by atoms with Gasteiger partial charge in [-0.15, -0.1) is 17.9 Å². The summed E-state index contributed by atoms with van der Waals surface area (Å²) in [4.78, 5) is 17.0. The van der Waals surface area contributed by atoms with Gasteiger partial charge in [0.25, 0.3) is 5.91 Å². The van der Waals surface area contributed by atoms with Gasteiger partial charge in [0.1, 0.15) is 0 Å². The van der Waals surface area contributed by atoms with E-state index in [9.17, 15) is 13.2 Å². The fraction of sp³-hybridized carbons (Fsp3) is 0.250. The summed E-state index contributed by atoms with van der Waals surface area (Å²) < 4.78 is 26.6. The Labute approximate surface area is 145 Å². The van der Waals surface area contributed by atoms with Crippen LogP contribution in [0.3, 0.4) is 0 Å². The molecule has 0 spiro atoms. The summed E-state index contributed by atoms with van der Waals surface area (Å²) in [5, 5.41) is 3.51. The Morgan fingerprint density at radius 3 is 2.83 bits per heavy atom. The maximum absolute atomic E-state index is 12.7. The first-order chi connectivity index (χ1) is 11.3. The number of carbonyl (C=O) groups excluding carboxylic acids is 1. The summed E-state index contributed by atoms with van der Waals surface area (Å²) in [6.07, 6.45) is 3.23. The SMILES string of the molecule is C=CCNC(=O)c1cccc(S(=O)(=O)N(C)Cc2cnc(C)s2)c1. The van der Waals surface area contributed by atoms with Gasteiger partial charge in [0.15, 0.2) is 0 Å². The van der Waals surface area contributed by atoms with Gasteiger partial charge in [-0.2, -0.15) is 4.31 Å². The molecular formula is C16H19N3O3S2. The van der Waals surface area contributed by atoms with E-state index >= 15 is 0 Å². The van der Waals surface area contributed by atoms with Crippen LogP contribution in [-0.2, 0) is 16.6 Å². The second kappa shape index (κ2) is 7.69. The molecule has 0 unspecified atom stereocenters. The maximum Gasteiger partial charge on any atom is 0.251 e. The van der Waals surface area contributed by atoms with Gasteiger partial charge in [0.2, 0.25) is 10.0 Å². The molecule has 1 amide bonds. The molecular weight excluding hydrogens is 346 g/mol. The van der Waals surface area contributed by atoms with E-state index in [2.05, 4.69) is 16.9 Å². The lowest BCUT2D eigenvalue weighted by Crippen LogP contribution is -2.27. The quantitative estimate of drug-likeness (QED) is 0.763. The van der Waals surface area contributed by atoms with Gasteiger partial charge in [-0.1, -0.05) is 12.1 Å². The highest BCUT2D eigenvalue weighted by atomic mass is 32.2. The fourth-order valence-corrected chi connectivity index (χ4v) is 4.15. The van der Waals surface area contributed by atoms with Crippen LogP contribution < -0.4 is 5.32 Å². The third kappa shape index (κ3) is 4.28. The number of thiazole rings is 1. The first-order valence-electron chi connectivity index (χ1n) is 7.21. The van der Waals surface area contributed by atoms with Crippen LogP contribution in [0.1, 0.15) is 20.2 Å². The molecule has 2 rings (SSSR count). The largest absolute Gasteiger partial charge is 0.349 e. The summed E-state index contributed by atoms with van der Waals surface area (Å²) in [5.41, 5.74) is 0.292. The molecule has 0 saturated heterocycles. The summed E-state index contributed by atoms with van der Waals surface area (Å²) in [6.45, 7) is 5.95. The number of sulfonamides is 1. The average Bonchev–Trinajstić information content (AvgIpc) is 2.97. The molecule has 6 nitrogen and oxygen atoms in total. The zero-order chi connectivity index (χ0) is 17.7. The lowest BCUT2D eigenvalue weighted by atomic mass is 10.2. The molecule has 0 saturated carbocycles. The van der Waals surface area contributed by atoms with Crippen LogP contribution in [0.25, 0.3) is 0 Å². The zero-order valence-electron chi connectivity index (χ0n) is 13.5. The van der Waals surface area contributed by atoms with E-state index < -0.39 is 10.0 Å². The lowest BCUT2D eigenvalue weighted by Gasteiger charge is -2.16. The molecule has 2 aromatic rings. The second-order valence-corrected chi connectivity index (χ2v) is 8.50. The van der Waals surface area contributed by atoms with E-state index in [1.807, 2.05) is 6.92 Å². The number of benzene rings is 1. The number of nitrogens with one attached hydrogen (secondary N) is 1. The number of amides is 1. The lowest BCUT2D eigenvalue weighted by molar-refractivity contribution is 0.0958. The van der Waals surface area contributed by atoms with Gasteiger partial charge in [-0.3, -0.25) is 4.79 Å². The van der Waals surface area contributed by atoms with E-state index in [4.69, 9.17) is 0 Å². The van der Waals surface area contributed by atoms with Gasteiger partial charge in [-0.25, -0.2) is 13.4 Å². The summed E-state index contributed by atoms with van der Waals surface area (Å²) in [5.74, 6) is -0.340. The molecule has 1 aromatic heterocycles. The minimum atomic E-state index is -3.69. The van der Waals surface area contributed by atoms with Crippen molar-refractivity contribution in [3.05, 3.63) is 58.6 Å². The van der Waals surface area contributed by atoms with Crippen molar-refractivity contribution < 1.29 is 13.2 Å². The maximum atomic E-state index is 12.7. The molecule has 24 heavy (non-hydrogen) atoms. The molecule has 1 heterocycles. The van der Waals surface area contributed by atoms with Crippen LogP contribution in [0, 0.1) is 6.92 Å². The molecule has 0 bridgehead atoms. The van der Waals surface area contributed by atoms with Crippen molar-refractivity contribution >= 4 is 27.3 Å². The summed E-state index contributed by atoms with van der Waals surface area (Å²) in [7, 11) is -2.18. The fourth-order valence-electron chi connectivity index (χ4n) is 2.03. The van der Waals surface area contributed by atoms with Gasteiger partial charge in [0, 0.05) is 36.8 Å². The molecule has 0 aliphatic heterocycles. The minimum absolute atomic E-state index is 0.0810. The van der Waals surface area contributed by atoms with Crippen LogP contribution in [0.4, 0.5) is 0 Å². The highest BCUT2D eigenvalue weighted by molar-refractivity contribution is 7.89. The third-order valence-corrected chi connectivity index (χ3v) is 5.96. The van der Waals surface area contributed by atoms with Crippen molar-refractivity contribution in [2.75, 3.05) is 13.6 Å². The van der Waals surface area contributed by atoms with Crippen LogP contribution in [0.15, 0.2) is 48.0 Å². The highest BCUT2D eigenvalue weighted by Crippen LogP contribution is 2.20. The number of nitrogens with zero attached hydrogens (tertiary/aromatic N) is 2. The Bertz CT molecular complexity index is 844. The predicted molar refractivity (Wildman–Crippen MR) is 94.5 cm³/mol. The van der Waals surface area contributed by atoms with Gasteiger partial charge < -0.3 is 5.32 Å². The molecule has 1 N–H and O–H groups in total. The van der Waals surface area contributed by atoms with E-state index in [1.54, 1.807) is 24.4 Å². The topological polar surface area (TPSA) is 79.4 Å². The van der Waals surface area contributed by atoms with Crippen molar-refractivity contribution in [2.45, 2.75) is 18.4 Å².